The van der Waals surface area contributed by atoms with Crippen molar-refractivity contribution in [2.75, 3.05) is 6.61 Å². The minimum Gasteiger partial charge on any atom is -0.383 e. The second kappa shape index (κ2) is 10.8. The van der Waals surface area contributed by atoms with Crippen molar-refractivity contribution < 1.29 is 9.84 Å². The number of ether oxygens (including phenoxy) is 1. The van der Waals surface area contributed by atoms with Gasteiger partial charge < -0.3 is 19.8 Å². The van der Waals surface area contributed by atoms with Gasteiger partial charge in [-0.05, 0) is 55.9 Å². The minimum absolute atomic E-state index is 0.140. The Hall–Kier alpha value is -4.40. The summed E-state index contributed by atoms with van der Waals surface area (Å²) in [5, 5.41) is 11.4. The molecule has 0 radical (unpaired) electrons. The van der Waals surface area contributed by atoms with E-state index in [4.69, 9.17) is 4.74 Å². The molecule has 4 aromatic heterocycles. The molecule has 0 saturated heterocycles. The Bertz CT molecular complexity index is 1710. The van der Waals surface area contributed by atoms with E-state index in [0.29, 0.717) is 0 Å². The van der Waals surface area contributed by atoms with E-state index >= 15 is 0 Å². The third kappa shape index (κ3) is 4.97. The largest absolute Gasteiger partial charge is 0.383 e. The molecule has 8 nitrogen and oxygen atoms in total. The number of hydrogen-bond acceptors (Lipinski definition) is 6. The second-order valence-electron chi connectivity index (χ2n) is 11.4. The average molecular weight is 561 g/mol. The topological polar surface area (TPSA) is 113 Å². The van der Waals surface area contributed by atoms with E-state index < -0.39 is 11.2 Å². The van der Waals surface area contributed by atoms with Crippen molar-refractivity contribution in [3.63, 3.8) is 0 Å². The lowest BCUT2D eigenvalue weighted by Gasteiger charge is -2.32. The van der Waals surface area contributed by atoms with E-state index in [1.165, 1.54) is 0 Å². The van der Waals surface area contributed by atoms with Crippen LogP contribution >= 0.6 is 0 Å². The number of benzene rings is 2. The molecule has 6 rings (SSSR count). The van der Waals surface area contributed by atoms with Crippen molar-refractivity contribution >= 4 is 22.3 Å². The number of nitrogens with one attached hydrogen (secondary N) is 2. The lowest BCUT2D eigenvalue weighted by molar-refractivity contribution is -0.105. The fourth-order valence-corrected chi connectivity index (χ4v) is 5.63. The van der Waals surface area contributed by atoms with E-state index in [-0.39, 0.29) is 6.61 Å². The average Bonchev–Trinajstić information content (AvgIpc) is 3.58. The third-order valence-corrected chi connectivity index (χ3v) is 8.14. The molecule has 4 heterocycles. The minimum atomic E-state index is -1.17. The molecule has 0 fully saturated rings. The summed E-state index contributed by atoms with van der Waals surface area (Å²) >= 11 is 0. The van der Waals surface area contributed by atoms with Crippen LogP contribution in [0.3, 0.4) is 0 Å². The van der Waals surface area contributed by atoms with Crippen LogP contribution in [-0.2, 0) is 28.8 Å². The highest BCUT2D eigenvalue weighted by Gasteiger charge is 2.30. The molecule has 0 bridgehead atoms. The number of aliphatic hydroxyl groups is 1. The summed E-state index contributed by atoms with van der Waals surface area (Å²) in [7, 11) is 0. The molecule has 0 spiro atoms. The summed E-state index contributed by atoms with van der Waals surface area (Å²) in [6.07, 6.45) is 8.54. The zero-order chi connectivity index (χ0) is 29.5. The lowest BCUT2D eigenvalue weighted by atomic mass is 9.93. The predicted molar refractivity (Wildman–Crippen MR) is 166 cm³/mol. The van der Waals surface area contributed by atoms with Gasteiger partial charge in [-0.3, -0.25) is 9.97 Å². The number of aromatic amines is 2. The maximum Gasteiger partial charge on any atom is 0.156 e. The maximum atomic E-state index is 11.4. The SMILES string of the molecule is CCc1c(-c2ccc(C(C)(O)COC(C)(C)c3ccc(-c4[nH]c5nccnc5c4CC)cc3)cc2)[nH]c2nccnc12. The molecule has 0 saturated carbocycles. The summed E-state index contributed by atoms with van der Waals surface area (Å²) in [4.78, 5) is 24.7. The Kier molecular flexibility index (Phi) is 7.12. The zero-order valence-electron chi connectivity index (χ0n) is 24.7. The van der Waals surface area contributed by atoms with Crippen LogP contribution in [0, 0.1) is 0 Å². The van der Waals surface area contributed by atoms with Crippen LogP contribution in [0.1, 0.15) is 56.9 Å². The highest BCUT2D eigenvalue weighted by atomic mass is 16.5. The molecular formula is C34H36N6O2. The van der Waals surface area contributed by atoms with Gasteiger partial charge in [0.2, 0.25) is 0 Å². The van der Waals surface area contributed by atoms with Crippen LogP contribution in [0.5, 0.6) is 0 Å². The Balaban J connectivity index is 1.18. The van der Waals surface area contributed by atoms with Crippen LogP contribution in [-0.4, -0.2) is 41.6 Å². The van der Waals surface area contributed by atoms with Crippen LogP contribution in [0.2, 0.25) is 0 Å². The first-order chi connectivity index (χ1) is 20.2. The van der Waals surface area contributed by atoms with Crippen molar-refractivity contribution in [3.05, 3.63) is 95.6 Å². The van der Waals surface area contributed by atoms with Crippen molar-refractivity contribution in [2.45, 2.75) is 58.7 Å². The van der Waals surface area contributed by atoms with Gasteiger partial charge in [0.25, 0.3) is 0 Å². The van der Waals surface area contributed by atoms with Gasteiger partial charge in [-0.15, -0.1) is 0 Å². The maximum absolute atomic E-state index is 11.4. The number of aromatic nitrogens is 6. The van der Waals surface area contributed by atoms with Crippen molar-refractivity contribution in [1.82, 2.24) is 29.9 Å². The van der Waals surface area contributed by atoms with Crippen LogP contribution in [0.15, 0.2) is 73.3 Å². The number of aryl methyl sites for hydroxylation is 2. The van der Waals surface area contributed by atoms with E-state index in [1.54, 1.807) is 31.7 Å². The molecule has 0 aliphatic carbocycles. The molecule has 2 aromatic carbocycles. The summed E-state index contributed by atoms with van der Waals surface area (Å²) in [6.45, 7) is 10.2. The normalized spacial score (nSPS) is 13.6. The Morgan fingerprint density at radius 2 is 1.07 bits per heavy atom. The summed E-state index contributed by atoms with van der Waals surface area (Å²) in [5.74, 6) is 0. The Morgan fingerprint density at radius 1 is 0.643 bits per heavy atom. The number of fused-ring (bicyclic) bond motifs is 2. The molecule has 1 atom stereocenters. The molecule has 214 valence electrons. The van der Waals surface area contributed by atoms with Crippen molar-refractivity contribution in [2.24, 2.45) is 0 Å². The molecule has 0 amide bonds. The zero-order valence-corrected chi connectivity index (χ0v) is 24.7. The number of nitrogens with zero attached hydrogens (tertiary/aromatic N) is 4. The van der Waals surface area contributed by atoms with Gasteiger partial charge in [0.05, 0.1) is 23.6 Å². The van der Waals surface area contributed by atoms with Crippen LogP contribution in [0.25, 0.3) is 44.8 Å². The quantitative estimate of drug-likeness (QED) is 0.178. The molecule has 6 aromatic rings. The molecule has 3 N–H and O–H groups in total. The van der Waals surface area contributed by atoms with E-state index in [0.717, 1.165) is 79.9 Å². The van der Waals surface area contributed by atoms with Gasteiger partial charge in [-0.25, -0.2) is 9.97 Å². The molecular weight excluding hydrogens is 524 g/mol. The summed E-state index contributed by atoms with van der Waals surface area (Å²) < 4.78 is 6.36. The number of rotatable bonds is 9. The highest BCUT2D eigenvalue weighted by Crippen LogP contribution is 2.34. The first-order valence-corrected chi connectivity index (χ1v) is 14.4. The second-order valence-corrected chi connectivity index (χ2v) is 11.4. The van der Waals surface area contributed by atoms with Crippen LogP contribution in [0.4, 0.5) is 0 Å². The van der Waals surface area contributed by atoms with Gasteiger partial charge >= 0.3 is 0 Å². The fourth-order valence-electron chi connectivity index (χ4n) is 5.63. The standard InChI is InChI=1S/C34H36N6O2/c1-6-25-27(39-31-29(25)35-16-18-37-31)21-8-12-23(13-9-21)33(3,4)42-20-34(5,41)24-14-10-22(11-15-24)28-26(7-2)30-32(40-28)38-19-17-36-30/h8-19,41H,6-7,20H2,1-5H3,(H,37,39)(H,38,40). The molecule has 1 unspecified atom stereocenters. The van der Waals surface area contributed by atoms with Gasteiger partial charge in [-0.2, -0.15) is 0 Å². The first kappa shape index (κ1) is 27.8. The van der Waals surface area contributed by atoms with E-state index in [9.17, 15) is 5.11 Å². The molecule has 0 aliphatic heterocycles. The third-order valence-electron chi connectivity index (χ3n) is 8.14. The first-order valence-electron chi connectivity index (χ1n) is 14.4. The van der Waals surface area contributed by atoms with Gasteiger partial charge in [-0.1, -0.05) is 62.4 Å². The van der Waals surface area contributed by atoms with Crippen LogP contribution < -0.4 is 0 Å². The Morgan fingerprint density at radius 3 is 1.52 bits per heavy atom. The molecule has 8 heteroatoms. The van der Waals surface area contributed by atoms with Crippen molar-refractivity contribution in [1.29, 1.82) is 0 Å². The lowest BCUT2D eigenvalue weighted by Crippen LogP contribution is -2.33. The monoisotopic (exact) mass is 560 g/mol. The van der Waals surface area contributed by atoms with Gasteiger partial charge in [0.1, 0.15) is 16.6 Å². The van der Waals surface area contributed by atoms with Gasteiger partial charge in [0, 0.05) is 35.9 Å². The highest BCUT2D eigenvalue weighted by molar-refractivity contribution is 5.86. The number of H-pyrrole nitrogens is 2. The van der Waals surface area contributed by atoms with Crippen molar-refractivity contribution in [3.8, 4) is 22.5 Å². The molecule has 42 heavy (non-hydrogen) atoms. The summed E-state index contributed by atoms with van der Waals surface area (Å²) in [5.41, 5.74) is 9.88. The summed E-state index contributed by atoms with van der Waals surface area (Å²) in [6, 6.07) is 16.3. The van der Waals surface area contributed by atoms with Gasteiger partial charge in [0.15, 0.2) is 11.3 Å². The number of hydrogen-bond donors (Lipinski definition) is 3. The predicted octanol–water partition coefficient (Wildman–Crippen LogP) is 6.85. The van der Waals surface area contributed by atoms with E-state index in [1.807, 2.05) is 38.1 Å². The smallest absolute Gasteiger partial charge is 0.156 e. The Labute approximate surface area is 245 Å². The van der Waals surface area contributed by atoms with E-state index in [2.05, 4.69) is 68.0 Å². The fraction of sp³-hybridized carbons (Fsp3) is 0.294. The molecule has 0 aliphatic rings.